The van der Waals surface area contributed by atoms with E-state index >= 15 is 0 Å². The third kappa shape index (κ3) is 2.23. The van der Waals surface area contributed by atoms with E-state index in [4.69, 9.17) is 9.47 Å². The van der Waals surface area contributed by atoms with E-state index in [0.29, 0.717) is 24.7 Å². The van der Waals surface area contributed by atoms with Crippen LogP contribution >= 0.6 is 0 Å². The molecule has 0 spiro atoms. The minimum absolute atomic E-state index is 0.238. The fraction of sp³-hybridized carbons (Fsp3) is 0.647. The van der Waals surface area contributed by atoms with E-state index in [0.717, 1.165) is 18.9 Å². The van der Waals surface area contributed by atoms with Crippen LogP contribution in [-0.4, -0.2) is 25.4 Å². The van der Waals surface area contributed by atoms with Crippen molar-refractivity contribution in [1.82, 2.24) is 5.32 Å². The van der Waals surface area contributed by atoms with Gasteiger partial charge in [0.2, 0.25) is 0 Å². The van der Waals surface area contributed by atoms with Gasteiger partial charge in [-0.3, -0.25) is 0 Å². The Labute approximate surface area is 121 Å². The first-order valence-corrected chi connectivity index (χ1v) is 7.70. The van der Waals surface area contributed by atoms with Crippen molar-refractivity contribution in [2.75, 3.05) is 13.2 Å². The van der Waals surface area contributed by atoms with E-state index in [-0.39, 0.29) is 5.41 Å². The first kappa shape index (κ1) is 13.9. The molecule has 2 fully saturated rings. The standard InChI is InChI=1S/C17H25NO2/c1-4-19-14-8-6-5-7-12(14)11-18-15-13-9-10-20-16(13)17(15,2)3/h5-8,13,15-16,18H,4,9-11H2,1-3H3/t13-,15-,16+/m1/s1. The summed E-state index contributed by atoms with van der Waals surface area (Å²) in [5, 5.41) is 3.74. The Morgan fingerprint density at radius 2 is 2.15 bits per heavy atom. The summed E-state index contributed by atoms with van der Waals surface area (Å²) in [6.45, 7) is 9.15. The lowest BCUT2D eigenvalue weighted by molar-refractivity contribution is -0.113. The molecule has 1 heterocycles. The fourth-order valence-electron chi connectivity index (χ4n) is 3.90. The number of rotatable bonds is 5. The van der Waals surface area contributed by atoms with Gasteiger partial charge >= 0.3 is 0 Å². The van der Waals surface area contributed by atoms with Crippen LogP contribution in [0.15, 0.2) is 24.3 Å². The largest absolute Gasteiger partial charge is 0.494 e. The third-order valence-electron chi connectivity index (χ3n) is 4.89. The average Bonchev–Trinajstić information content (AvgIpc) is 2.88. The van der Waals surface area contributed by atoms with Crippen molar-refractivity contribution in [2.24, 2.45) is 11.3 Å². The summed E-state index contributed by atoms with van der Waals surface area (Å²) >= 11 is 0. The second-order valence-electron chi connectivity index (χ2n) is 6.46. The number of para-hydroxylation sites is 1. The molecule has 3 nitrogen and oxygen atoms in total. The van der Waals surface area contributed by atoms with Crippen LogP contribution in [0.4, 0.5) is 0 Å². The van der Waals surface area contributed by atoms with Crippen molar-refractivity contribution in [3.8, 4) is 5.75 Å². The molecule has 0 aromatic heterocycles. The molecule has 0 radical (unpaired) electrons. The molecule has 1 aliphatic carbocycles. The summed E-state index contributed by atoms with van der Waals surface area (Å²) in [6.07, 6.45) is 1.64. The Balaban J connectivity index is 1.65. The van der Waals surface area contributed by atoms with Crippen LogP contribution in [0.5, 0.6) is 5.75 Å². The Hall–Kier alpha value is -1.06. The molecule has 1 aliphatic heterocycles. The SMILES string of the molecule is CCOc1ccccc1CN[C@@H]1[C@H]2CCO[C@@H]2C1(C)C. The summed E-state index contributed by atoms with van der Waals surface area (Å²) in [6, 6.07) is 8.85. The van der Waals surface area contributed by atoms with Crippen molar-refractivity contribution < 1.29 is 9.47 Å². The number of hydrogen-bond acceptors (Lipinski definition) is 3. The number of ether oxygens (including phenoxy) is 2. The van der Waals surface area contributed by atoms with Gasteiger partial charge < -0.3 is 14.8 Å². The van der Waals surface area contributed by atoms with E-state index in [1.807, 2.05) is 19.1 Å². The van der Waals surface area contributed by atoms with E-state index in [9.17, 15) is 0 Å². The quantitative estimate of drug-likeness (QED) is 0.896. The monoisotopic (exact) mass is 275 g/mol. The molecule has 0 bridgehead atoms. The maximum atomic E-state index is 5.85. The number of nitrogens with one attached hydrogen (secondary N) is 1. The summed E-state index contributed by atoms with van der Waals surface area (Å²) in [5.74, 6) is 1.68. The van der Waals surface area contributed by atoms with Crippen LogP contribution in [-0.2, 0) is 11.3 Å². The molecular formula is C17H25NO2. The molecule has 1 saturated carbocycles. The molecule has 20 heavy (non-hydrogen) atoms. The van der Waals surface area contributed by atoms with Gasteiger partial charge in [-0.1, -0.05) is 32.0 Å². The highest BCUT2D eigenvalue weighted by Gasteiger charge is 2.58. The first-order valence-electron chi connectivity index (χ1n) is 7.70. The zero-order valence-electron chi connectivity index (χ0n) is 12.7. The van der Waals surface area contributed by atoms with Crippen LogP contribution in [0.1, 0.15) is 32.8 Å². The molecule has 1 N–H and O–H groups in total. The summed E-state index contributed by atoms with van der Waals surface area (Å²) in [5.41, 5.74) is 1.48. The molecule has 110 valence electrons. The minimum Gasteiger partial charge on any atom is -0.494 e. The molecule has 1 saturated heterocycles. The Morgan fingerprint density at radius 3 is 2.95 bits per heavy atom. The molecule has 0 amide bonds. The number of hydrogen-bond donors (Lipinski definition) is 1. The summed E-state index contributed by atoms with van der Waals surface area (Å²) < 4.78 is 11.5. The van der Waals surface area contributed by atoms with Crippen molar-refractivity contribution in [2.45, 2.75) is 45.9 Å². The van der Waals surface area contributed by atoms with Crippen molar-refractivity contribution >= 4 is 0 Å². The van der Waals surface area contributed by atoms with Gasteiger partial charge in [0.15, 0.2) is 0 Å². The highest BCUT2D eigenvalue weighted by atomic mass is 16.5. The molecule has 3 heteroatoms. The molecule has 2 aliphatic rings. The van der Waals surface area contributed by atoms with Gasteiger partial charge in [0.1, 0.15) is 5.75 Å². The van der Waals surface area contributed by atoms with Crippen LogP contribution in [0.25, 0.3) is 0 Å². The van der Waals surface area contributed by atoms with Crippen molar-refractivity contribution in [3.63, 3.8) is 0 Å². The second kappa shape index (κ2) is 5.38. The maximum absolute atomic E-state index is 5.85. The third-order valence-corrected chi connectivity index (χ3v) is 4.89. The van der Waals surface area contributed by atoms with Gasteiger partial charge in [-0.05, 0) is 19.4 Å². The zero-order chi connectivity index (χ0) is 14.2. The predicted molar refractivity (Wildman–Crippen MR) is 79.9 cm³/mol. The second-order valence-corrected chi connectivity index (χ2v) is 6.46. The van der Waals surface area contributed by atoms with Gasteiger partial charge in [-0.15, -0.1) is 0 Å². The number of fused-ring (bicyclic) bond motifs is 1. The molecule has 0 unspecified atom stereocenters. The van der Waals surface area contributed by atoms with Gasteiger partial charge in [-0.2, -0.15) is 0 Å². The Kier molecular flexibility index (Phi) is 3.74. The highest BCUT2D eigenvalue weighted by Crippen LogP contribution is 2.52. The van der Waals surface area contributed by atoms with Crippen LogP contribution in [0.3, 0.4) is 0 Å². The highest BCUT2D eigenvalue weighted by molar-refractivity contribution is 5.33. The van der Waals surface area contributed by atoms with Gasteiger partial charge in [-0.25, -0.2) is 0 Å². The predicted octanol–water partition coefficient (Wildman–Crippen LogP) is 2.99. The summed E-state index contributed by atoms with van der Waals surface area (Å²) in [4.78, 5) is 0. The van der Waals surface area contributed by atoms with Crippen LogP contribution in [0, 0.1) is 11.3 Å². The lowest BCUT2D eigenvalue weighted by atomic mass is 9.57. The maximum Gasteiger partial charge on any atom is 0.123 e. The molecule has 3 rings (SSSR count). The lowest BCUT2D eigenvalue weighted by Crippen LogP contribution is -2.65. The van der Waals surface area contributed by atoms with Gasteiger partial charge in [0, 0.05) is 36.1 Å². The van der Waals surface area contributed by atoms with E-state index < -0.39 is 0 Å². The van der Waals surface area contributed by atoms with Gasteiger partial charge in [0.25, 0.3) is 0 Å². The molecule has 3 atom stereocenters. The van der Waals surface area contributed by atoms with Crippen LogP contribution < -0.4 is 10.1 Å². The minimum atomic E-state index is 0.238. The lowest BCUT2D eigenvalue weighted by Gasteiger charge is -2.55. The average molecular weight is 275 g/mol. The molecule has 1 aromatic rings. The normalized spacial score (nSPS) is 30.6. The fourth-order valence-corrected chi connectivity index (χ4v) is 3.90. The van der Waals surface area contributed by atoms with Crippen molar-refractivity contribution in [1.29, 1.82) is 0 Å². The van der Waals surface area contributed by atoms with E-state index in [1.165, 1.54) is 12.0 Å². The zero-order valence-corrected chi connectivity index (χ0v) is 12.7. The number of benzene rings is 1. The van der Waals surface area contributed by atoms with Crippen LogP contribution in [0.2, 0.25) is 0 Å². The Bertz CT molecular complexity index is 472. The summed E-state index contributed by atoms with van der Waals surface area (Å²) in [7, 11) is 0. The Morgan fingerprint density at radius 1 is 1.35 bits per heavy atom. The van der Waals surface area contributed by atoms with E-state index in [2.05, 4.69) is 31.3 Å². The first-order chi connectivity index (χ1) is 9.64. The molecule has 1 aromatic carbocycles. The van der Waals surface area contributed by atoms with Crippen molar-refractivity contribution in [3.05, 3.63) is 29.8 Å². The topological polar surface area (TPSA) is 30.5 Å². The van der Waals surface area contributed by atoms with Gasteiger partial charge in [0.05, 0.1) is 12.7 Å². The smallest absolute Gasteiger partial charge is 0.123 e. The molecular weight excluding hydrogens is 250 g/mol. The van der Waals surface area contributed by atoms with E-state index in [1.54, 1.807) is 0 Å².